The number of amides is 2. The molecule has 0 spiro atoms. The minimum Gasteiger partial charge on any atom is -0.369 e. The summed E-state index contributed by atoms with van der Waals surface area (Å²) in [7, 11) is 0. The maximum Gasteiger partial charge on any atom is 0.417 e. The van der Waals surface area contributed by atoms with Crippen molar-refractivity contribution in [2.24, 2.45) is 5.73 Å². The molecule has 0 atom stereocenters. The van der Waals surface area contributed by atoms with Crippen LogP contribution in [0.4, 0.5) is 18.3 Å². The number of carbonyl (C=O) groups excluding carboxylic acids is 2. The van der Waals surface area contributed by atoms with E-state index in [0.717, 1.165) is 6.07 Å². The van der Waals surface area contributed by atoms with Crippen LogP contribution in [0.25, 0.3) is 0 Å². The van der Waals surface area contributed by atoms with Gasteiger partial charge in [-0.25, -0.2) is 0 Å². The Hall–Kier alpha value is -2.34. The van der Waals surface area contributed by atoms with Crippen molar-refractivity contribution in [3.8, 4) is 0 Å². The lowest BCUT2D eigenvalue weighted by molar-refractivity contribution is -0.138. The highest BCUT2D eigenvalue weighted by Gasteiger charge is 2.36. The molecule has 1 saturated heterocycles. The molecule has 1 aliphatic heterocycles. The van der Waals surface area contributed by atoms with Crippen LogP contribution in [-0.2, 0) is 11.0 Å². The monoisotopic (exact) mass is 431 g/mol. The van der Waals surface area contributed by atoms with Gasteiger partial charge in [-0.15, -0.1) is 10.2 Å². The number of piperazine rings is 1. The quantitative estimate of drug-likeness (QED) is 0.729. The first-order valence-electron chi connectivity index (χ1n) is 8.21. The Bertz CT molecular complexity index is 866. The third kappa shape index (κ3) is 4.73. The van der Waals surface area contributed by atoms with E-state index in [1.54, 1.807) is 0 Å². The van der Waals surface area contributed by atoms with E-state index in [2.05, 4.69) is 10.2 Å². The van der Waals surface area contributed by atoms with Crippen LogP contribution in [0.15, 0.2) is 28.6 Å². The number of thioether (sulfide) groups is 1. The number of hydrogen-bond donors (Lipinski definition) is 1. The molecule has 1 aliphatic rings. The molecule has 28 heavy (non-hydrogen) atoms. The van der Waals surface area contributed by atoms with Crippen molar-refractivity contribution >= 4 is 40.0 Å². The number of primary amides is 1. The van der Waals surface area contributed by atoms with Crippen molar-refractivity contribution in [1.82, 2.24) is 15.1 Å². The molecule has 0 aliphatic carbocycles. The van der Waals surface area contributed by atoms with Gasteiger partial charge < -0.3 is 15.5 Å². The molecular formula is C16H16F3N5O2S2. The fourth-order valence-electron chi connectivity index (χ4n) is 2.71. The van der Waals surface area contributed by atoms with Crippen LogP contribution in [0.2, 0.25) is 0 Å². The van der Waals surface area contributed by atoms with Gasteiger partial charge >= 0.3 is 6.18 Å². The Morgan fingerprint density at radius 1 is 1.14 bits per heavy atom. The van der Waals surface area contributed by atoms with Crippen LogP contribution < -0.4 is 10.6 Å². The van der Waals surface area contributed by atoms with Gasteiger partial charge in [-0.05, 0) is 12.1 Å². The number of anilines is 1. The number of aromatic nitrogens is 2. The molecule has 12 heteroatoms. The second kappa shape index (κ2) is 8.35. The molecule has 1 aromatic carbocycles. The predicted molar refractivity (Wildman–Crippen MR) is 99.4 cm³/mol. The number of carbonyl (C=O) groups is 2. The van der Waals surface area contributed by atoms with Crippen molar-refractivity contribution in [1.29, 1.82) is 0 Å². The molecule has 0 unspecified atom stereocenters. The summed E-state index contributed by atoms with van der Waals surface area (Å²) in [6.07, 6.45) is -4.58. The largest absolute Gasteiger partial charge is 0.417 e. The molecule has 0 bridgehead atoms. The molecule has 150 valence electrons. The van der Waals surface area contributed by atoms with Crippen molar-refractivity contribution in [3.05, 3.63) is 35.4 Å². The maximum absolute atomic E-state index is 13.2. The third-order valence-corrected chi connectivity index (χ3v) is 6.17. The van der Waals surface area contributed by atoms with Crippen molar-refractivity contribution < 1.29 is 22.8 Å². The molecule has 7 nitrogen and oxygen atoms in total. The van der Waals surface area contributed by atoms with Gasteiger partial charge in [0.15, 0.2) is 4.34 Å². The predicted octanol–water partition coefficient (Wildman–Crippen LogP) is 2.10. The zero-order valence-electron chi connectivity index (χ0n) is 14.5. The minimum atomic E-state index is -4.58. The zero-order valence-corrected chi connectivity index (χ0v) is 16.1. The number of rotatable bonds is 5. The number of nitrogens with two attached hydrogens (primary N) is 1. The van der Waals surface area contributed by atoms with Gasteiger partial charge in [-0.3, -0.25) is 9.59 Å². The van der Waals surface area contributed by atoms with E-state index in [4.69, 9.17) is 5.73 Å². The van der Waals surface area contributed by atoms with Gasteiger partial charge in [0.1, 0.15) is 0 Å². The lowest BCUT2D eigenvalue weighted by Gasteiger charge is -2.34. The maximum atomic E-state index is 13.2. The Morgan fingerprint density at radius 3 is 2.46 bits per heavy atom. The third-order valence-electron chi connectivity index (χ3n) is 4.03. The summed E-state index contributed by atoms with van der Waals surface area (Å²) in [5.41, 5.74) is 3.83. The van der Waals surface area contributed by atoms with Crippen molar-refractivity contribution in [3.63, 3.8) is 0 Å². The molecular weight excluding hydrogens is 415 g/mol. The summed E-state index contributed by atoms with van der Waals surface area (Å²) in [6, 6.07) is 4.80. The number of hydrogen-bond acceptors (Lipinski definition) is 7. The first-order valence-corrected chi connectivity index (χ1v) is 10.0. The van der Waals surface area contributed by atoms with E-state index in [-0.39, 0.29) is 24.4 Å². The molecule has 2 heterocycles. The van der Waals surface area contributed by atoms with Crippen molar-refractivity contribution in [2.45, 2.75) is 10.5 Å². The lowest BCUT2D eigenvalue weighted by Crippen LogP contribution is -2.49. The first kappa shape index (κ1) is 20.4. The number of benzene rings is 1. The van der Waals surface area contributed by atoms with Crippen LogP contribution in [0, 0.1) is 0 Å². The normalized spacial score (nSPS) is 15.0. The lowest BCUT2D eigenvalue weighted by atomic mass is 10.1. The average molecular weight is 431 g/mol. The van der Waals surface area contributed by atoms with Crippen LogP contribution in [0.5, 0.6) is 0 Å². The topological polar surface area (TPSA) is 92.4 Å². The molecule has 0 radical (unpaired) electrons. The molecule has 1 aromatic heterocycles. The smallest absolute Gasteiger partial charge is 0.369 e. The summed E-state index contributed by atoms with van der Waals surface area (Å²) in [5.74, 6) is -0.981. The minimum absolute atomic E-state index is 0.107. The molecule has 0 saturated carbocycles. The zero-order chi connectivity index (χ0) is 20.3. The molecule has 1 fully saturated rings. The molecule has 2 N–H and O–H groups in total. The van der Waals surface area contributed by atoms with Crippen LogP contribution in [0.1, 0.15) is 15.9 Å². The van der Waals surface area contributed by atoms with Gasteiger partial charge in [0.25, 0.3) is 5.91 Å². The number of nitrogens with zero attached hydrogens (tertiary/aromatic N) is 4. The SMILES string of the molecule is NC(=O)CSc1nnc(N2CCN(C(=O)c3ccccc3C(F)(F)F)CC2)s1. The highest BCUT2D eigenvalue weighted by Crippen LogP contribution is 2.33. The summed E-state index contributed by atoms with van der Waals surface area (Å²) < 4.78 is 40.1. The van der Waals surface area contributed by atoms with E-state index in [9.17, 15) is 22.8 Å². The Labute approximate surface area is 166 Å². The number of halogens is 3. The Kier molecular flexibility index (Phi) is 6.08. The summed E-state index contributed by atoms with van der Waals surface area (Å²) in [4.78, 5) is 26.7. The number of alkyl halides is 3. The van der Waals surface area contributed by atoms with E-state index in [1.807, 2.05) is 4.90 Å². The van der Waals surface area contributed by atoms with Gasteiger partial charge in [0.2, 0.25) is 11.0 Å². The van der Waals surface area contributed by atoms with Gasteiger partial charge in [-0.2, -0.15) is 13.2 Å². The fraction of sp³-hybridized carbons (Fsp3) is 0.375. The molecule has 2 aromatic rings. The van der Waals surface area contributed by atoms with Crippen LogP contribution in [0.3, 0.4) is 0 Å². The first-order chi connectivity index (χ1) is 13.3. The van der Waals surface area contributed by atoms with Gasteiger partial charge in [-0.1, -0.05) is 35.2 Å². The van der Waals surface area contributed by atoms with Gasteiger partial charge in [0.05, 0.1) is 16.9 Å². The second-order valence-corrected chi connectivity index (χ2v) is 8.11. The fourth-order valence-corrected chi connectivity index (χ4v) is 4.34. The average Bonchev–Trinajstić information content (AvgIpc) is 3.14. The van der Waals surface area contributed by atoms with E-state index in [1.165, 1.54) is 46.2 Å². The highest BCUT2D eigenvalue weighted by atomic mass is 32.2. The van der Waals surface area contributed by atoms with Gasteiger partial charge in [0, 0.05) is 26.2 Å². The molecule has 3 rings (SSSR count). The Morgan fingerprint density at radius 2 is 1.82 bits per heavy atom. The van der Waals surface area contributed by atoms with E-state index in [0.29, 0.717) is 22.6 Å². The van der Waals surface area contributed by atoms with Crippen LogP contribution in [-0.4, -0.2) is 58.8 Å². The second-order valence-electron chi connectivity index (χ2n) is 5.93. The van der Waals surface area contributed by atoms with Crippen molar-refractivity contribution in [2.75, 3.05) is 36.8 Å². The summed E-state index contributed by atoms with van der Waals surface area (Å²) in [5, 5.41) is 8.68. The summed E-state index contributed by atoms with van der Waals surface area (Å²) in [6.45, 7) is 1.40. The molecule has 2 amide bonds. The Balaban J connectivity index is 1.63. The standard InChI is InChI=1S/C16H16F3N5O2S2/c17-16(18,19)11-4-2-1-3-10(11)13(26)23-5-7-24(8-6-23)14-21-22-15(28-14)27-9-12(20)25/h1-4H,5-9H2,(H2,20,25). The van der Waals surface area contributed by atoms with E-state index >= 15 is 0 Å². The van der Waals surface area contributed by atoms with Crippen LogP contribution >= 0.6 is 23.1 Å². The summed E-state index contributed by atoms with van der Waals surface area (Å²) >= 11 is 2.49. The highest BCUT2D eigenvalue weighted by molar-refractivity contribution is 8.01. The van der Waals surface area contributed by atoms with E-state index < -0.39 is 23.6 Å².